The fraction of sp³-hybridized carbons (Fsp3) is 0.463. The fourth-order valence-electron chi connectivity index (χ4n) is 7.24. The number of rotatable bonds is 4. The standard InChI is InChI=1S/2C13H17N3.C7H6N2.C6H12ClN.CH2O3.CH4.B.2Cs.H/c1-15-8-3-5-12(15)10-16-9-6-11-4-2-7-14-13(11)16;1-15-8-3-5-12(10-15)16-9-6-11-4-2-7-14-13(11)16;1-2-6-3-5-9-7(6)8-4-1;1-8-4-2-3-6(7)5-8;2-1-4-3;;;;;/h2*2,4,6-7,9,12H,3,5,8,10H2,1H3;1-5H,(H,8,9);6H,2-5H2,1H3;1,3H;1H4;;;;/q;;;;;;;2*+1;-1/p-1. The largest absolute Gasteiger partial charge is 1.00 e. The first-order valence-corrected chi connectivity index (χ1v) is 18.9. The van der Waals surface area contributed by atoms with Crippen molar-refractivity contribution in [3.05, 3.63) is 91.8 Å². The molecule has 9 heterocycles. The molecule has 0 aliphatic carbocycles. The van der Waals surface area contributed by atoms with Gasteiger partial charge in [-0.1, -0.05) is 7.43 Å². The minimum atomic E-state index is -0.181. The van der Waals surface area contributed by atoms with Gasteiger partial charge in [0, 0.05) is 98.8 Å². The molecule has 3 radical (unpaired) electrons. The van der Waals surface area contributed by atoms with E-state index in [1.54, 1.807) is 6.20 Å². The number of nitrogens with one attached hydrogen (secondary N) is 1. The summed E-state index contributed by atoms with van der Waals surface area (Å²) in [6, 6.07) is 19.8. The van der Waals surface area contributed by atoms with Crippen LogP contribution in [-0.2, 0) is 16.2 Å². The van der Waals surface area contributed by atoms with Crippen molar-refractivity contribution in [2.75, 3.05) is 53.9 Å². The topological polar surface area (TPSA) is 123 Å². The maximum Gasteiger partial charge on any atom is 1.00 e. The number of H-pyrrole nitrogens is 1. The van der Waals surface area contributed by atoms with Crippen LogP contribution in [0.2, 0.25) is 0 Å². The Morgan fingerprint density at radius 2 is 1.39 bits per heavy atom. The van der Waals surface area contributed by atoms with Gasteiger partial charge in [-0.15, -0.1) is 11.6 Å². The quantitative estimate of drug-likeness (QED) is 0.0865. The van der Waals surface area contributed by atoms with Gasteiger partial charge < -0.3 is 40.4 Å². The maximum atomic E-state index is 8.64. The summed E-state index contributed by atoms with van der Waals surface area (Å²) >= 11 is 5.87. The van der Waals surface area contributed by atoms with Crippen molar-refractivity contribution in [1.29, 1.82) is 0 Å². The average molecular weight is 1040 g/mol. The van der Waals surface area contributed by atoms with Crippen molar-refractivity contribution in [2.45, 2.75) is 70.0 Å². The van der Waals surface area contributed by atoms with Crippen molar-refractivity contribution in [2.24, 2.45) is 0 Å². The monoisotopic (exact) mass is 1040 g/mol. The number of fused-ring (bicyclic) bond motifs is 3. The van der Waals surface area contributed by atoms with Gasteiger partial charge in [-0.25, -0.2) is 15.0 Å². The summed E-state index contributed by atoms with van der Waals surface area (Å²) in [6.07, 6.45) is 19.4. The van der Waals surface area contributed by atoms with E-state index in [4.69, 9.17) is 21.7 Å². The van der Waals surface area contributed by atoms with Gasteiger partial charge in [0.1, 0.15) is 16.9 Å². The normalized spacial score (nSPS) is 19.1. The molecule has 3 fully saturated rings. The second-order valence-electron chi connectivity index (χ2n) is 14.0. The van der Waals surface area contributed by atoms with Crippen LogP contribution >= 0.6 is 11.6 Å². The molecule has 0 bridgehead atoms. The number of nitrogens with zero attached hydrogens (tertiary/aromatic N) is 8. The summed E-state index contributed by atoms with van der Waals surface area (Å²) in [4.78, 5) is 34.4. The van der Waals surface area contributed by atoms with Crippen LogP contribution in [0.4, 0.5) is 0 Å². The van der Waals surface area contributed by atoms with E-state index in [9.17, 15) is 0 Å². The zero-order valence-electron chi connectivity index (χ0n) is 34.7. The summed E-state index contributed by atoms with van der Waals surface area (Å²) in [5.41, 5.74) is 3.20. The molecule has 6 aromatic heterocycles. The van der Waals surface area contributed by atoms with Crippen LogP contribution < -0.4 is 143 Å². The number of likely N-dealkylation sites (tertiary alicyclic amines) is 3. The number of halogens is 1. The summed E-state index contributed by atoms with van der Waals surface area (Å²) < 4.78 is 4.62. The third kappa shape index (κ3) is 17.6. The molecule has 3 aliphatic rings. The minimum absolute atomic E-state index is 0. The second-order valence-corrected chi connectivity index (χ2v) is 14.6. The van der Waals surface area contributed by atoms with Crippen LogP contribution in [0, 0.1) is 0 Å². The number of piperidine rings is 2. The smallest absolute Gasteiger partial charge is 1.00 e. The van der Waals surface area contributed by atoms with E-state index < -0.39 is 0 Å². The average Bonchev–Trinajstić information content (AvgIpc) is 4.00. The molecular formula is C41H58BClCs2N9O3. The Hall–Kier alpha value is -0.161. The zero-order chi connectivity index (χ0) is 37.4. The molecule has 0 amide bonds. The Morgan fingerprint density at radius 3 is 1.96 bits per heavy atom. The van der Waals surface area contributed by atoms with Crippen LogP contribution in [-0.4, -0.2) is 124 Å². The molecule has 16 heteroatoms. The molecular weight excluding hydrogens is 979 g/mol. The van der Waals surface area contributed by atoms with Gasteiger partial charge >= 0.3 is 138 Å². The number of hydrogen-bond acceptors (Lipinski definition) is 9. The second kappa shape index (κ2) is 30.0. The summed E-state index contributed by atoms with van der Waals surface area (Å²) in [6.45, 7) is 6.78. The van der Waals surface area contributed by atoms with E-state index in [1.165, 1.54) is 68.9 Å². The minimum Gasteiger partial charge on any atom is -1.00 e. The van der Waals surface area contributed by atoms with E-state index in [1.807, 2.05) is 48.9 Å². The molecule has 3 aliphatic heterocycles. The third-order valence-electron chi connectivity index (χ3n) is 10.00. The van der Waals surface area contributed by atoms with Gasteiger partial charge in [0.2, 0.25) is 0 Å². The van der Waals surface area contributed by atoms with Crippen LogP contribution in [0.3, 0.4) is 0 Å². The molecule has 6 aromatic rings. The molecule has 57 heavy (non-hydrogen) atoms. The Labute approximate surface area is 465 Å². The van der Waals surface area contributed by atoms with Crippen molar-refractivity contribution in [3.63, 3.8) is 0 Å². The first-order valence-electron chi connectivity index (χ1n) is 18.5. The van der Waals surface area contributed by atoms with Crippen LogP contribution in [0.1, 0.15) is 53.4 Å². The Kier molecular flexibility index (Phi) is 28.9. The molecule has 9 rings (SSSR count). The molecule has 297 valence electrons. The predicted octanol–water partition coefficient (Wildman–Crippen LogP) is 0.126. The number of alkyl halides is 1. The molecule has 3 saturated heterocycles. The van der Waals surface area contributed by atoms with Crippen LogP contribution in [0.15, 0.2) is 91.8 Å². The molecule has 0 saturated carbocycles. The molecule has 1 N–H and O–H groups in total. The SMILES string of the molecule is C.CN1CCCC(Cl)C1.CN1CCCC(n2ccc3cccnc32)C1.CN1CCCC1Cn1ccc2cccnc21.O=CO[O-].[B].[Cs+].[Cs+].[H-].c1cnc2[nH]ccc2c1. The Balaban J connectivity index is 0.000000728. The maximum absolute atomic E-state index is 8.64. The van der Waals surface area contributed by atoms with Gasteiger partial charge in [-0.05, 0) is 134 Å². The number of aromatic nitrogens is 6. The van der Waals surface area contributed by atoms with E-state index >= 15 is 0 Å². The van der Waals surface area contributed by atoms with Crippen molar-refractivity contribution >= 4 is 59.6 Å². The van der Waals surface area contributed by atoms with E-state index in [-0.39, 0.29) is 162 Å². The van der Waals surface area contributed by atoms with Crippen molar-refractivity contribution in [3.8, 4) is 0 Å². The van der Waals surface area contributed by atoms with Gasteiger partial charge in [-0.3, -0.25) is 4.79 Å². The number of carbonyl (C=O) groups excluding carboxylic acids is 1. The Morgan fingerprint density at radius 1 is 0.807 bits per heavy atom. The molecule has 3 atom stereocenters. The van der Waals surface area contributed by atoms with Crippen molar-refractivity contribution in [1.82, 2.24) is 43.8 Å². The fourth-order valence-corrected chi connectivity index (χ4v) is 7.63. The van der Waals surface area contributed by atoms with E-state index in [0.717, 1.165) is 42.0 Å². The van der Waals surface area contributed by atoms with Crippen LogP contribution in [0.5, 0.6) is 0 Å². The zero-order valence-corrected chi connectivity index (χ0v) is 47.0. The van der Waals surface area contributed by atoms with Crippen molar-refractivity contribution < 1.29 is 154 Å². The number of hydrogen-bond donors (Lipinski definition) is 1. The van der Waals surface area contributed by atoms with E-state index in [0.29, 0.717) is 17.5 Å². The number of pyridine rings is 3. The number of likely N-dealkylation sites (N-methyl/N-ethyl adjacent to an activating group) is 2. The number of carbonyl (C=O) groups is 1. The first kappa shape index (κ1) is 54.9. The molecule has 3 unspecified atom stereocenters. The summed E-state index contributed by atoms with van der Waals surface area (Å²) in [5.74, 6) is 0. The third-order valence-corrected chi connectivity index (χ3v) is 10.4. The van der Waals surface area contributed by atoms with Gasteiger partial charge in [0.15, 0.2) is 0 Å². The summed E-state index contributed by atoms with van der Waals surface area (Å²) in [7, 11) is 6.54. The van der Waals surface area contributed by atoms with Crippen LogP contribution in [0.25, 0.3) is 33.1 Å². The molecule has 12 nitrogen and oxygen atoms in total. The molecule has 0 spiro atoms. The Bertz CT molecular complexity index is 1930. The van der Waals surface area contributed by atoms with Gasteiger partial charge in [0.05, 0.1) is 0 Å². The van der Waals surface area contributed by atoms with Gasteiger partial charge in [-0.2, -0.15) is 0 Å². The molecule has 0 aromatic carbocycles. The predicted molar refractivity (Wildman–Crippen MR) is 224 cm³/mol. The van der Waals surface area contributed by atoms with Gasteiger partial charge in [0.25, 0.3) is 6.47 Å². The summed E-state index contributed by atoms with van der Waals surface area (Å²) in [5, 5.41) is 12.5. The first-order chi connectivity index (χ1) is 25.9. The number of aromatic amines is 1. The van der Waals surface area contributed by atoms with E-state index in [2.05, 4.69) is 106 Å².